The molecule has 0 aromatic heterocycles. The second kappa shape index (κ2) is 9.10. The van der Waals surface area contributed by atoms with Crippen molar-refractivity contribution >= 4 is 17.7 Å². The normalized spacial score (nSPS) is 15.8. The molecule has 1 fully saturated rings. The lowest BCUT2D eigenvalue weighted by atomic mass is 10.2. The maximum atomic E-state index is 12.5. The van der Waals surface area contributed by atoms with Crippen molar-refractivity contribution in [3.05, 3.63) is 59.7 Å². The molecule has 0 N–H and O–H groups in total. The molecule has 3 rings (SSSR count). The van der Waals surface area contributed by atoms with E-state index in [1.54, 1.807) is 18.9 Å². The highest BCUT2D eigenvalue weighted by atomic mass is 32.2. The van der Waals surface area contributed by atoms with Crippen LogP contribution in [0, 0.1) is 0 Å². The van der Waals surface area contributed by atoms with Crippen LogP contribution in [0.25, 0.3) is 0 Å². The van der Waals surface area contributed by atoms with E-state index in [2.05, 4.69) is 35.4 Å². The average molecular weight is 371 g/mol. The van der Waals surface area contributed by atoms with Crippen molar-refractivity contribution in [2.75, 3.05) is 33.0 Å². The molecule has 26 heavy (non-hydrogen) atoms. The van der Waals surface area contributed by atoms with Gasteiger partial charge in [0.15, 0.2) is 0 Å². The summed E-state index contributed by atoms with van der Waals surface area (Å²) in [5.74, 6) is 1.08. The maximum absolute atomic E-state index is 12.5. The van der Waals surface area contributed by atoms with E-state index in [0.717, 1.165) is 37.5 Å². The van der Waals surface area contributed by atoms with Gasteiger partial charge in [0.25, 0.3) is 0 Å². The topological polar surface area (TPSA) is 32.8 Å². The minimum Gasteiger partial charge on any atom is -0.497 e. The number of rotatable bonds is 6. The number of benzene rings is 2. The zero-order chi connectivity index (χ0) is 18.4. The molecule has 0 unspecified atom stereocenters. The highest BCUT2D eigenvalue weighted by Crippen LogP contribution is 2.18. The summed E-state index contributed by atoms with van der Waals surface area (Å²) in [6.07, 6.45) is 2.67. The fraction of sp³-hybridized carbons (Fsp3) is 0.381. The highest BCUT2D eigenvalue weighted by molar-refractivity contribution is 7.98. The smallest absolute Gasteiger partial charge is 0.224 e. The second-order valence-electron chi connectivity index (χ2n) is 6.54. The van der Waals surface area contributed by atoms with Gasteiger partial charge in [0.1, 0.15) is 5.75 Å². The van der Waals surface area contributed by atoms with Crippen LogP contribution in [0.4, 0.5) is 0 Å². The molecule has 0 radical (unpaired) electrons. The first-order valence-electron chi connectivity index (χ1n) is 8.94. The van der Waals surface area contributed by atoms with E-state index in [1.165, 1.54) is 10.5 Å². The zero-order valence-corrected chi connectivity index (χ0v) is 16.3. The van der Waals surface area contributed by atoms with Crippen LogP contribution in [0.5, 0.6) is 5.75 Å². The predicted octanol–water partition coefficient (Wildman–Crippen LogP) is 3.65. The molecule has 1 saturated heterocycles. The number of carbonyl (C=O) groups excluding carboxylic acids is 1. The molecular formula is C21H26N2O2S. The molecular weight excluding hydrogens is 344 g/mol. The van der Waals surface area contributed by atoms with Gasteiger partial charge in [0.05, 0.1) is 7.11 Å². The largest absolute Gasteiger partial charge is 0.497 e. The molecule has 0 spiro atoms. The third-order valence-electron chi connectivity index (χ3n) is 4.78. The molecule has 1 heterocycles. The summed E-state index contributed by atoms with van der Waals surface area (Å²) in [5, 5.41) is 0. The van der Waals surface area contributed by atoms with Gasteiger partial charge in [-0.05, 0) is 41.6 Å². The molecule has 4 nitrogen and oxygen atoms in total. The molecule has 2 aromatic carbocycles. The number of nitrogens with zero attached hydrogens (tertiary/aromatic N) is 2. The lowest BCUT2D eigenvalue weighted by Gasteiger charge is -2.22. The van der Waals surface area contributed by atoms with Gasteiger partial charge in [-0.3, -0.25) is 9.69 Å². The van der Waals surface area contributed by atoms with E-state index in [0.29, 0.717) is 13.0 Å². The van der Waals surface area contributed by atoms with E-state index in [-0.39, 0.29) is 5.91 Å². The van der Waals surface area contributed by atoms with Crippen molar-refractivity contribution in [2.45, 2.75) is 24.4 Å². The van der Waals surface area contributed by atoms with Gasteiger partial charge in [-0.1, -0.05) is 24.3 Å². The number of amides is 1. The molecule has 0 atom stereocenters. The van der Waals surface area contributed by atoms with Crippen molar-refractivity contribution in [3.63, 3.8) is 0 Å². The molecule has 1 amide bonds. The van der Waals surface area contributed by atoms with Crippen LogP contribution in [-0.2, 0) is 17.9 Å². The lowest BCUT2D eigenvalue weighted by molar-refractivity contribution is -0.130. The Hall–Kier alpha value is -1.98. The minimum absolute atomic E-state index is 0.237. The Bertz CT molecular complexity index is 716. The monoisotopic (exact) mass is 370 g/mol. The Labute approximate surface area is 160 Å². The first-order chi connectivity index (χ1) is 12.7. The number of methoxy groups -OCH3 is 1. The first kappa shape index (κ1) is 18.8. The molecule has 138 valence electrons. The summed E-state index contributed by atoms with van der Waals surface area (Å²) in [5.41, 5.74) is 2.44. The predicted molar refractivity (Wildman–Crippen MR) is 107 cm³/mol. The van der Waals surface area contributed by atoms with Crippen LogP contribution in [0.3, 0.4) is 0 Å². The molecule has 1 aliphatic rings. The summed E-state index contributed by atoms with van der Waals surface area (Å²) in [6.45, 7) is 4.07. The van der Waals surface area contributed by atoms with Crippen molar-refractivity contribution < 1.29 is 9.53 Å². The molecule has 1 aliphatic heterocycles. The number of hydrogen-bond acceptors (Lipinski definition) is 4. The van der Waals surface area contributed by atoms with Crippen molar-refractivity contribution in [1.82, 2.24) is 9.80 Å². The Morgan fingerprint density at radius 2 is 1.58 bits per heavy atom. The minimum atomic E-state index is 0.237. The fourth-order valence-electron chi connectivity index (χ4n) is 3.18. The number of hydrogen-bond donors (Lipinski definition) is 0. The van der Waals surface area contributed by atoms with E-state index >= 15 is 0 Å². The van der Waals surface area contributed by atoms with Gasteiger partial charge in [0.2, 0.25) is 5.91 Å². The van der Waals surface area contributed by atoms with Crippen LogP contribution in [-0.4, -0.2) is 48.7 Å². The van der Waals surface area contributed by atoms with Crippen LogP contribution in [0.2, 0.25) is 0 Å². The molecule has 5 heteroatoms. The molecule has 0 bridgehead atoms. The molecule has 0 saturated carbocycles. The second-order valence-corrected chi connectivity index (χ2v) is 7.42. The Morgan fingerprint density at radius 3 is 2.23 bits per heavy atom. The van der Waals surface area contributed by atoms with Gasteiger partial charge in [-0.15, -0.1) is 11.8 Å². The average Bonchev–Trinajstić information content (AvgIpc) is 2.85. The van der Waals surface area contributed by atoms with E-state index in [4.69, 9.17) is 4.74 Å². The summed E-state index contributed by atoms with van der Waals surface area (Å²) < 4.78 is 5.20. The van der Waals surface area contributed by atoms with Crippen molar-refractivity contribution in [1.29, 1.82) is 0 Å². The maximum Gasteiger partial charge on any atom is 0.224 e. The van der Waals surface area contributed by atoms with Crippen LogP contribution >= 0.6 is 11.8 Å². The van der Waals surface area contributed by atoms with Gasteiger partial charge < -0.3 is 9.64 Å². The summed E-state index contributed by atoms with van der Waals surface area (Å²) >= 11 is 1.76. The quantitative estimate of drug-likeness (QED) is 0.727. The summed E-state index contributed by atoms with van der Waals surface area (Å²) in [7, 11) is 1.66. The third-order valence-corrected chi connectivity index (χ3v) is 5.52. The first-order valence-corrected chi connectivity index (χ1v) is 10.2. The third kappa shape index (κ3) is 5.02. The van der Waals surface area contributed by atoms with E-state index < -0.39 is 0 Å². The van der Waals surface area contributed by atoms with Crippen LogP contribution in [0.1, 0.15) is 17.5 Å². The Balaban J connectivity index is 1.57. The summed E-state index contributed by atoms with van der Waals surface area (Å²) in [4.78, 5) is 18.1. The van der Waals surface area contributed by atoms with Gasteiger partial charge in [-0.2, -0.15) is 0 Å². The molecule has 0 aliphatic carbocycles. The van der Waals surface area contributed by atoms with Gasteiger partial charge in [0, 0.05) is 44.0 Å². The number of carbonyl (C=O) groups is 1. The fourth-order valence-corrected chi connectivity index (χ4v) is 3.58. The summed E-state index contributed by atoms with van der Waals surface area (Å²) in [6, 6.07) is 16.7. The highest BCUT2D eigenvalue weighted by Gasteiger charge is 2.21. The standard InChI is InChI=1S/C21H26N2O2S/c1-25-19-7-3-18(4-8-19)16-23-14-13-22(12-11-21(23)24)15-17-5-9-20(26-2)10-6-17/h3-10H,11-16H2,1-2H3. The van der Waals surface area contributed by atoms with Gasteiger partial charge >= 0.3 is 0 Å². The van der Waals surface area contributed by atoms with Crippen molar-refractivity contribution in [3.8, 4) is 5.75 Å². The zero-order valence-electron chi connectivity index (χ0n) is 15.5. The van der Waals surface area contributed by atoms with Crippen LogP contribution < -0.4 is 4.74 Å². The van der Waals surface area contributed by atoms with Crippen molar-refractivity contribution in [2.24, 2.45) is 0 Å². The van der Waals surface area contributed by atoms with E-state index in [1.807, 2.05) is 29.2 Å². The Morgan fingerprint density at radius 1 is 0.923 bits per heavy atom. The SMILES string of the molecule is COc1ccc(CN2CCN(Cc3ccc(SC)cc3)CCC2=O)cc1. The van der Waals surface area contributed by atoms with E-state index in [9.17, 15) is 4.79 Å². The number of ether oxygens (including phenoxy) is 1. The lowest BCUT2D eigenvalue weighted by Crippen LogP contribution is -2.32. The van der Waals surface area contributed by atoms with Gasteiger partial charge in [-0.25, -0.2) is 0 Å². The van der Waals surface area contributed by atoms with Crippen LogP contribution in [0.15, 0.2) is 53.4 Å². The number of thioether (sulfide) groups is 1. The Kier molecular flexibility index (Phi) is 6.58. The molecule has 2 aromatic rings.